The molecule has 4 aromatic rings. The van der Waals surface area contributed by atoms with Gasteiger partial charge >= 0.3 is 0 Å². The summed E-state index contributed by atoms with van der Waals surface area (Å²) < 4.78 is 6.70. The van der Waals surface area contributed by atoms with Gasteiger partial charge in [-0.1, -0.05) is 30.3 Å². The SMILES string of the molecule is COc1ccc(C(=O)C(C#N)C(=O)c2nn(C)c3c2ccc2ccccc23)cc1. The van der Waals surface area contributed by atoms with E-state index in [2.05, 4.69) is 5.10 Å². The Hall–Kier alpha value is -3.98. The minimum atomic E-state index is -1.46. The number of nitriles is 1. The van der Waals surface area contributed by atoms with Gasteiger partial charge in [0.05, 0.1) is 18.7 Å². The van der Waals surface area contributed by atoms with Crippen molar-refractivity contribution in [1.82, 2.24) is 9.78 Å². The number of Topliss-reactive ketones (excluding diaryl/α,β-unsaturated/α-hetero) is 2. The van der Waals surface area contributed by atoms with Crippen molar-refractivity contribution < 1.29 is 14.3 Å². The molecule has 0 aliphatic heterocycles. The minimum Gasteiger partial charge on any atom is -0.497 e. The number of fused-ring (bicyclic) bond motifs is 3. The summed E-state index contributed by atoms with van der Waals surface area (Å²) in [6.45, 7) is 0. The Balaban J connectivity index is 1.78. The Labute approximate surface area is 166 Å². The third-order valence-corrected chi connectivity index (χ3v) is 4.99. The second-order valence-corrected chi connectivity index (χ2v) is 6.67. The highest BCUT2D eigenvalue weighted by Crippen LogP contribution is 2.29. The van der Waals surface area contributed by atoms with Crippen molar-refractivity contribution >= 4 is 33.2 Å². The maximum absolute atomic E-state index is 13.1. The summed E-state index contributed by atoms with van der Waals surface area (Å²) in [6, 6.07) is 19.7. The van der Waals surface area contributed by atoms with E-state index < -0.39 is 17.5 Å². The largest absolute Gasteiger partial charge is 0.497 e. The molecule has 0 bridgehead atoms. The molecule has 0 amide bonds. The number of carbonyl (C=O) groups excluding carboxylic acids is 2. The fourth-order valence-corrected chi connectivity index (χ4v) is 3.53. The van der Waals surface area contributed by atoms with Gasteiger partial charge in [-0.2, -0.15) is 10.4 Å². The fraction of sp³-hybridized carbons (Fsp3) is 0.130. The van der Waals surface area contributed by atoms with Gasteiger partial charge in [-0.05, 0) is 35.7 Å². The lowest BCUT2D eigenvalue weighted by atomic mass is 9.92. The van der Waals surface area contributed by atoms with Crippen LogP contribution in [0.2, 0.25) is 0 Å². The standard InChI is InChI=1S/C23H17N3O3/c1-26-21-17-6-4-3-5-14(17)9-12-18(21)20(25-26)23(28)19(13-24)22(27)15-7-10-16(29-2)11-8-15/h3-12,19H,1-2H3. The third-order valence-electron chi connectivity index (χ3n) is 4.99. The number of benzene rings is 3. The zero-order chi connectivity index (χ0) is 20.5. The lowest BCUT2D eigenvalue weighted by Crippen LogP contribution is -2.23. The van der Waals surface area contributed by atoms with Crippen LogP contribution in [0.3, 0.4) is 0 Å². The molecule has 1 heterocycles. The van der Waals surface area contributed by atoms with Gasteiger partial charge in [0.25, 0.3) is 0 Å². The molecule has 0 saturated carbocycles. The molecule has 1 aromatic heterocycles. The van der Waals surface area contributed by atoms with E-state index in [-0.39, 0.29) is 11.3 Å². The molecule has 6 nitrogen and oxygen atoms in total. The van der Waals surface area contributed by atoms with Crippen LogP contribution in [0, 0.1) is 17.2 Å². The zero-order valence-corrected chi connectivity index (χ0v) is 15.9. The Morgan fingerprint density at radius 2 is 1.72 bits per heavy atom. The molecule has 6 heteroatoms. The summed E-state index contributed by atoms with van der Waals surface area (Å²) >= 11 is 0. The molecule has 0 radical (unpaired) electrons. The van der Waals surface area contributed by atoms with Gasteiger partial charge in [-0.25, -0.2) is 0 Å². The normalized spacial score (nSPS) is 11.9. The topological polar surface area (TPSA) is 85.0 Å². The number of carbonyl (C=O) groups is 2. The van der Waals surface area contributed by atoms with E-state index >= 15 is 0 Å². The molecule has 0 fully saturated rings. The van der Waals surface area contributed by atoms with Gasteiger partial charge < -0.3 is 4.74 Å². The van der Waals surface area contributed by atoms with Crippen molar-refractivity contribution in [3.63, 3.8) is 0 Å². The first-order valence-corrected chi connectivity index (χ1v) is 9.01. The number of rotatable bonds is 5. The van der Waals surface area contributed by atoms with Crippen LogP contribution < -0.4 is 4.74 Å². The number of ether oxygens (including phenoxy) is 1. The van der Waals surface area contributed by atoms with Crippen molar-refractivity contribution in [2.75, 3.05) is 7.11 Å². The van der Waals surface area contributed by atoms with Crippen molar-refractivity contribution in [1.29, 1.82) is 5.26 Å². The number of nitrogens with zero attached hydrogens (tertiary/aromatic N) is 3. The first-order chi connectivity index (χ1) is 14.0. The number of aromatic nitrogens is 2. The van der Waals surface area contributed by atoms with Crippen LogP contribution in [0.1, 0.15) is 20.8 Å². The zero-order valence-electron chi connectivity index (χ0n) is 15.9. The molecule has 0 saturated heterocycles. The fourth-order valence-electron chi connectivity index (χ4n) is 3.53. The first-order valence-electron chi connectivity index (χ1n) is 9.01. The summed E-state index contributed by atoms with van der Waals surface area (Å²) in [5.74, 6) is -2.04. The highest BCUT2D eigenvalue weighted by molar-refractivity contribution is 6.22. The summed E-state index contributed by atoms with van der Waals surface area (Å²) in [5, 5.41) is 16.5. The van der Waals surface area contributed by atoms with Crippen LogP contribution in [0.25, 0.3) is 21.7 Å². The van der Waals surface area contributed by atoms with Gasteiger partial charge in [0.1, 0.15) is 11.4 Å². The maximum Gasteiger partial charge on any atom is 0.208 e. The lowest BCUT2D eigenvalue weighted by molar-refractivity contribution is 0.0843. The minimum absolute atomic E-state index is 0.127. The van der Waals surface area contributed by atoms with Crippen molar-refractivity contribution in [3.05, 3.63) is 71.9 Å². The summed E-state index contributed by atoms with van der Waals surface area (Å²) in [4.78, 5) is 26.0. The quantitative estimate of drug-likeness (QED) is 0.385. The maximum atomic E-state index is 13.1. The molecule has 0 aliphatic rings. The van der Waals surface area contributed by atoms with E-state index in [1.54, 1.807) is 36.0 Å². The summed E-state index contributed by atoms with van der Waals surface area (Å²) in [6.07, 6.45) is 0. The van der Waals surface area contributed by atoms with Gasteiger partial charge in [-0.15, -0.1) is 0 Å². The Kier molecular flexibility index (Phi) is 4.57. The van der Waals surface area contributed by atoms with Crippen molar-refractivity contribution in [2.45, 2.75) is 0 Å². The predicted octanol–water partition coefficient (Wildman–Crippen LogP) is 3.94. The average Bonchev–Trinajstić information content (AvgIpc) is 3.11. The number of methoxy groups -OCH3 is 1. The van der Waals surface area contributed by atoms with Gasteiger partial charge in [0.2, 0.25) is 5.78 Å². The van der Waals surface area contributed by atoms with Crippen LogP contribution in [0.4, 0.5) is 0 Å². The van der Waals surface area contributed by atoms with Gasteiger partial charge in [-0.3, -0.25) is 14.3 Å². The van der Waals surface area contributed by atoms with Gasteiger partial charge in [0, 0.05) is 23.4 Å². The number of hydrogen-bond acceptors (Lipinski definition) is 5. The Morgan fingerprint density at radius 3 is 2.41 bits per heavy atom. The molecule has 1 unspecified atom stereocenters. The highest BCUT2D eigenvalue weighted by Gasteiger charge is 2.32. The van der Waals surface area contributed by atoms with Crippen molar-refractivity contribution in [2.24, 2.45) is 13.0 Å². The van der Waals surface area contributed by atoms with Crippen molar-refractivity contribution in [3.8, 4) is 11.8 Å². The van der Waals surface area contributed by atoms with Gasteiger partial charge in [0.15, 0.2) is 11.7 Å². The second kappa shape index (κ2) is 7.21. The predicted molar refractivity (Wildman–Crippen MR) is 109 cm³/mol. The third kappa shape index (κ3) is 3.03. The average molecular weight is 383 g/mol. The van der Waals surface area contributed by atoms with Crippen LogP contribution in [0.15, 0.2) is 60.7 Å². The van der Waals surface area contributed by atoms with E-state index in [4.69, 9.17) is 4.74 Å². The first kappa shape index (κ1) is 18.4. The van der Waals surface area contributed by atoms with Crippen LogP contribution in [-0.2, 0) is 7.05 Å². The van der Waals surface area contributed by atoms with E-state index in [1.807, 2.05) is 42.5 Å². The van der Waals surface area contributed by atoms with E-state index in [1.165, 1.54) is 7.11 Å². The second-order valence-electron chi connectivity index (χ2n) is 6.67. The van der Waals surface area contributed by atoms with Crippen LogP contribution in [0.5, 0.6) is 5.75 Å². The molecule has 1 atom stereocenters. The van der Waals surface area contributed by atoms with E-state index in [9.17, 15) is 14.9 Å². The molecule has 142 valence electrons. The molecule has 4 rings (SSSR count). The van der Waals surface area contributed by atoms with Crippen LogP contribution >= 0.6 is 0 Å². The number of hydrogen-bond donors (Lipinski definition) is 0. The monoisotopic (exact) mass is 383 g/mol. The molecular formula is C23H17N3O3. The molecule has 3 aromatic carbocycles. The molecular weight excluding hydrogens is 366 g/mol. The summed E-state index contributed by atoms with van der Waals surface area (Å²) in [7, 11) is 3.27. The Morgan fingerprint density at radius 1 is 1.00 bits per heavy atom. The lowest BCUT2D eigenvalue weighted by Gasteiger charge is -2.07. The van der Waals surface area contributed by atoms with E-state index in [0.717, 1.165) is 16.3 Å². The van der Waals surface area contributed by atoms with E-state index in [0.29, 0.717) is 11.1 Å². The number of ketones is 2. The molecule has 0 N–H and O–H groups in total. The summed E-state index contributed by atoms with van der Waals surface area (Å²) in [5.41, 5.74) is 1.19. The Bertz CT molecular complexity index is 1300. The highest BCUT2D eigenvalue weighted by atomic mass is 16.5. The molecule has 29 heavy (non-hydrogen) atoms. The molecule has 0 spiro atoms. The molecule has 0 aliphatic carbocycles. The van der Waals surface area contributed by atoms with Crippen LogP contribution in [-0.4, -0.2) is 28.5 Å². The number of aryl methyl sites for hydroxylation is 1. The smallest absolute Gasteiger partial charge is 0.208 e.